The second kappa shape index (κ2) is 8.35. The Bertz CT molecular complexity index is 1010. The smallest absolute Gasteiger partial charge is 0.126 e. The third-order valence-electron chi connectivity index (χ3n) is 4.27. The average molecular weight is 382 g/mol. The first-order chi connectivity index (χ1) is 13.0. The number of rotatable bonds is 6. The molecule has 0 N–H and O–H groups in total. The third kappa shape index (κ3) is 4.19. The highest BCUT2D eigenvalue weighted by Crippen LogP contribution is 2.23. The van der Waals surface area contributed by atoms with Crippen LogP contribution in [-0.2, 0) is 19.9 Å². The van der Waals surface area contributed by atoms with Crippen molar-refractivity contribution in [1.29, 1.82) is 0 Å². The number of fused-ring (bicyclic) bond motifs is 1. The van der Waals surface area contributed by atoms with E-state index in [0.29, 0.717) is 0 Å². The van der Waals surface area contributed by atoms with Crippen molar-refractivity contribution in [2.75, 3.05) is 13.4 Å². The molecule has 1 aromatic carbocycles. The summed E-state index contributed by atoms with van der Waals surface area (Å²) in [5.74, 6) is 2.56. The summed E-state index contributed by atoms with van der Waals surface area (Å²) in [4.78, 5) is 18.2. The summed E-state index contributed by atoms with van der Waals surface area (Å²) in [7, 11) is 3.67. The van der Waals surface area contributed by atoms with E-state index in [2.05, 4.69) is 21.5 Å². The van der Waals surface area contributed by atoms with E-state index in [-0.39, 0.29) is 0 Å². The van der Waals surface area contributed by atoms with Gasteiger partial charge >= 0.3 is 0 Å². The van der Waals surface area contributed by atoms with E-state index in [9.17, 15) is 0 Å². The van der Waals surface area contributed by atoms with Crippen molar-refractivity contribution in [2.45, 2.75) is 19.8 Å². The molecule has 0 saturated carbocycles. The molecule has 0 aliphatic rings. The Morgan fingerprint density at radius 3 is 2.81 bits per heavy atom. The number of nitrogens with zero attached hydrogens (tertiary/aromatic N) is 5. The predicted molar refractivity (Wildman–Crippen MR) is 112 cm³/mol. The zero-order chi connectivity index (χ0) is 19.4. The van der Waals surface area contributed by atoms with Crippen molar-refractivity contribution in [2.24, 2.45) is 12.0 Å². The van der Waals surface area contributed by atoms with Crippen LogP contribution in [0.15, 0.2) is 42.2 Å². The lowest BCUT2D eigenvalue weighted by molar-refractivity contribution is 0.415. The molecule has 0 saturated heterocycles. The summed E-state index contributed by atoms with van der Waals surface area (Å²) in [6.45, 7) is 5.59. The van der Waals surface area contributed by atoms with Gasteiger partial charge in [-0.25, -0.2) is 19.9 Å². The number of ether oxygens (including phenoxy) is 1. The van der Waals surface area contributed by atoms with Gasteiger partial charge in [0.15, 0.2) is 0 Å². The van der Waals surface area contributed by atoms with Crippen LogP contribution in [0.1, 0.15) is 23.0 Å². The number of aromatic nitrogens is 4. The summed E-state index contributed by atoms with van der Waals surface area (Å²) in [6.07, 6.45) is 7.07. The zero-order valence-electron chi connectivity index (χ0n) is 16.1. The Kier molecular flexibility index (Phi) is 5.91. The van der Waals surface area contributed by atoms with Crippen LogP contribution in [0, 0.1) is 6.92 Å². The Labute approximate surface area is 163 Å². The molecule has 140 valence electrons. The molecule has 0 aliphatic heterocycles. The maximum Gasteiger partial charge on any atom is 0.126 e. The van der Waals surface area contributed by atoms with Crippen LogP contribution in [0.5, 0.6) is 5.75 Å². The fourth-order valence-corrected chi connectivity index (χ4v) is 3.48. The van der Waals surface area contributed by atoms with Gasteiger partial charge in [0.2, 0.25) is 0 Å². The van der Waals surface area contributed by atoms with Gasteiger partial charge in [-0.3, -0.25) is 0 Å². The summed E-state index contributed by atoms with van der Waals surface area (Å²) in [6, 6.07) is 5.89. The fraction of sp³-hybridized carbons (Fsp3) is 0.300. The van der Waals surface area contributed by atoms with Crippen LogP contribution in [0.3, 0.4) is 0 Å². The summed E-state index contributed by atoms with van der Waals surface area (Å²) >= 11 is 1.56. The van der Waals surface area contributed by atoms with Crippen molar-refractivity contribution < 1.29 is 4.74 Å². The van der Waals surface area contributed by atoms with Crippen LogP contribution in [0.4, 0.5) is 0 Å². The molecule has 6 nitrogen and oxygen atoms in total. The number of benzene rings is 1. The van der Waals surface area contributed by atoms with E-state index in [4.69, 9.17) is 9.72 Å². The fourth-order valence-electron chi connectivity index (χ4n) is 2.99. The lowest BCUT2D eigenvalue weighted by Crippen LogP contribution is -2.04. The molecule has 0 unspecified atom stereocenters. The van der Waals surface area contributed by atoms with E-state index >= 15 is 0 Å². The van der Waals surface area contributed by atoms with E-state index < -0.39 is 0 Å². The Morgan fingerprint density at radius 1 is 1.30 bits per heavy atom. The number of imidazole rings is 1. The van der Waals surface area contributed by atoms with Crippen LogP contribution >= 0.6 is 11.8 Å². The molecule has 0 radical (unpaired) electrons. The largest absolute Gasteiger partial charge is 0.497 e. The summed E-state index contributed by atoms with van der Waals surface area (Å²) < 4.78 is 7.40. The monoisotopic (exact) mass is 381 g/mol. The lowest BCUT2D eigenvalue weighted by atomic mass is 10.1. The molecule has 27 heavy (non-hydrogen) atoms. The van der Waals surface area contributed by atoms with Gasteiger partial charge in [0.1, 0.15) is 28.1 Å². The number of hydrogen-bond acceptors (Lipinski definition) is 6. The minimum absolute atomic E-state index is 0.768. The highest BCUT2D eigenvalue weighted by Gasteiger charge is 2.13. The molecular weight excluding hydrogens is 358 g/mol. The number of methoxy groups -OCH3 is 1. The van der Waals surface area contributed by atoms with Crippen LogP contribution < -0.4 is 4.74 Å². The minimum atomic E-state index is 0.768. The first kappa shape index (κ1) is 19.1. The lowest BCUT2D eigenvalue weighted by Gasteiger charge is -2.08. The Morgan fingerprint density at radius 2 is 2.11 bits per heavy atom. The van der Waals surface area contributed by atoms with Crippen LogP contribution in [0.25, 0.3) is 10.9 Å². The van der Waals surface area contributed by atoms with Crippen LogP contribution in [-0.4, -0.2) is 37.9 Å². The third-order valence-corrected chi connectivity index (χ3v) is 4.97. The molecule has 3 aromatic rings. The number of aryl methyl sites for hydroxylation is 4. The van der Waals surface area contributed by atoms with Crippen LogP contribution in [0.2, 0.25) is 0 Å². The Hall–Kier alpha value is -2.67. The second-order valence-electron chi connectivity index (χ2n) is 6.07. The van der Waals surface area contributed by atoms with Gasteiger partial charge in [0.25, 0.3) is 0 Å². The molecule has 2 aromatic heterocycles. The molecule has 2 heterocycles. The quantitative estimate of drug-likeness (QED) is 0.481. The van der Waals surface area contributed by atoms with Gasteiger partial charge in [-0.2, -0.15) is 0 Å². The number of aliphatic imine (C=N–C) groups is 1. The van der Waals surface area contributed by atoms with Crippen molar-refractivity contribution >= 4 is 27.7 Å². The van der Waals surface area contributed by atoms with E-state index in [1.165, 1.54) is 0 Å². The van der Waals surface area contributed by atoms with Crippen molar-refractivity contribution in [3.05, 3.63) is 60.2 Å². The van der Waals surface area contributed by atoms with Crippen molar-refractivity contribution in [3.8, 4) is 5.75 Å². The average Bonchev–Trinajstić information content (AvgIpc) is 3.04. The molecule has 3 rings (SSSR count). The van der Waals surface area contributed by atoms with E-state index in [1.807, 2.05) is 49.2 Å². The number of hydrogen-bond donors (Lipinski definition) is 0. The molecule has 0 atom stereocenters. The molecule has 0 aliphatic carbocycles. The zero-order valence-corrected chi connectivity index (χ0v) is 16.9. The van der Waals surface area contributed by atoms with Gasteiger partial charge in [-0.15, -0.1) is 11.8 Å². The van der Waals surface area contributed by atoms with Crippen molar-refractivity contribution in [3.63, 3.8) is 0 Å². The van der Waals surface area contributed by atoms with Crippen molar-refractivity contribution in [1.82, 2.24) is 19.5 Å². The highest BCUT2D eigenvalue weighted by molar-refractivity contribution is 8.13. The van der Waals surface area contributed by atoms with Gasteiger partial charge in [-0.1, -0.05) is 6.58 Å². The van der Waals surface area contributed by atoms with Gasteiger partial charge < -0.3 is 9.30 Å². The first-order valence-electron chi connectivity index (χ1n) is 8.62. The van der Waals surface area contributed by atoms with Gasteiger partial charge in [0, 0.05) is 31.3 Å². The molecule has 0 spiro atoms. The van der Waals surface area contributed by atoms with Gasteiger partial charge in [0.05, 0.1) is 18.3 Å². The molecule has 0 bridgehead atoms. The normalized spacial score (nSPS) is 11.8. The SMILES string of the molecule is C=CN=C(SC)c1cn(C)c(CCc2nc(C)nc3ccc(OC)cc23)n1. The van der Waals surface area contributed by atoms with E-state index in [1.54, 1.807) is 25.1 Å². The molecule has 0 fully saturated rings. The number of thioether (sulfide) groups is 1. The predicted octanol–water partition coefficient (Wildman–Crippen LogP) is 3.72. The highest BCUT2D eigenvalue weighted by atomic mass is 32.2. The Balaban J connectivity index is 1.90. The summed E-state index contributed by atoms with van der Waals surface area (Å²) in [5, 5.41) is 1.88. The van der Waals surface area contributed by atoms with Gasteiger partial charge in [-0.05, 0) is 37.8 Å². The molecule has 7 heteroatoms. The second-order valence-corrected chi connectivity index (χ2v) is 6.87. The molecule has 0 amide bonds. The topological polar surface area (TPSA) is 65.2 Å². The first-order valence-corrected chi connectivity index (χ1v) is 9.84. The minimum Gasteiger partial charge on any atom is -0.497 e. The molecular formula is C20H23N5OS. The standard InChI is InChI=1S/C20H23N5OS/c1-6-21-20(27-5)18-12-25(3)19(24-18)10-9-17-15-11-14(26-4)7-8-16(15)22-13(2)23-17/h6-8,11-12H,1,9-10H2,2-5H3. The maximum absolute atomic E-state index is 5.36. The maximum atomic E-state index is 5.36. The van der Waals surface area contributed by atoms with E-state index in [0.717, 1.165) is 57.6 Å². The summed E-state index contributed by atoms with van der Waals surface area (Å²) in [5.41, 5.74) is 2.80.